The third kappa shape index (κ3) is 5.61. The quantitative estimate of drug-likeness (QED) is 0.461. The zero-order chi connectivity index (χ0) is 17.1. The van der Waals surface area contributed by atoms with Crippen molar-refractivity contribution in [1.29, 1.82) is 0 Å². The minimum absolute atomic E-state index is 0.123. The van der Waals surface area contributed by atoms with Crippen molar-refractivity contribution < 1.29 is 23.7 Å². The molecule has 23 heavy (non-hydrogen) atoms. The first kappa shape index (κ1) is 19.6. The summed E-state index contributed by atoms with van der Waals surface area (Å²) < 4.78 is 22.7. The van der Waals surface area contributed by atoms with Gasteiger partial charge in [0.2, 0.25) is 0 Å². The molecule has 130 valence electrons. The van der Waals surface area contributed by atoms with Crippen LogP contribution in [0.1, 0.15) is 45.6 Å². The molecule has 0 amide bonds. The summed E-state index contributed by atoms with van der Waals surface area (Å²) in [6.45, 7) is 8.98. The Morgan fingerprint density at radius 3 is 1.87 bits per heavy atom. The summed E-state index contributed by atoms with van der Waals surface area (Å²) in [4.78, 5) is 12.1. The molecule has 5 nitrogen and oxygen atoms in total. The van der Waals surface area contributed by atoms with E-state index in [2.05, 4.69) is 0 Å². The van der Waals surface area contributed by atoms with Gasteiger partial charge in [-0.2, -0.15) is 0 Å². The van der Waals surface area contributed by atoms with Crippen molar-refractivity contribution in [2.24, 2.45) is 0 Å². The van der Waals surface area contributed by atoms with E-state index in [4.69, 9.17) is 18.9 Å². The summed E-state index contributed by atoms with van der Waals surface area (Å²) in [7, 11) is 0. The summed E-state index contributed by atoms with van der Waals surface area (Å²) in [6.07, 6.45) is 0.123. The Hall–Kier alpha value is -1.43. The summed E-state index contributed by atoms with van der Waals surface area (Å²) in [5.41, 5.74) is 0.913. The predicted octanol–water partition coefficient (Wildman–Crippen LogP) is 3.49. The molecule has 0 aliphatic carbocycles. The Morgan fingerprint density at radius 1 is 0.913 bits per heavy atom. The number of esters is 1. The highest BCUT2D eigenvalue weighted by molar-refractivity contribution is 5.70. The van der Waals surface area contributed by atoms with E-state index in [9.17, 15) is 4.79 Å². The van der Waals surface area contributed by atoms with Crippen molar-refractivity contribution in [2.45, 2.75) is 46.0 Å². The van der Waals surface area contributed by atoms with Crippen LogP contribution >= 0.6 is 0 Å². The summed E-state index contributed by atoms with van der Waals surface area (Å²) >= 11 is 0. The maximum atomic E-state index is 12.1. The van der Waals surface area contributed by atoms with Crippen molar-refractivity contribution in [3.63, 3.8) is 0 Å². The maximum absolute atomic E-state index is 12.1. The monoisotopic (exact) mass is 324 g/mol. The molecule has 0 saturated carbocycles. The topological polar surface area (TPSA) is 54.0 Å². The Labute approximate surface area is 138 Å². The van der Waals surface area contributed by atoms with E-state index < -0.39 is 11.9 Å². The van der Waals surface area contributed by atoms with Gasteiger partial charge in [-0.1, -0.05) is 30.3 Å². The molecule has 1 rings (SSSR count). The van der Waals surface area contributed by atoms with Crippen LogP contribution in [0.4, 0.5) is 0 Å². The van der Waals surface area contributed by atoms with Gasteiger partial charge >= 0.3 is 5.97 Å². The van der Waals surface area contributed by atoms with Gasteiger partial charge in [0, 0.05) is 19.8 Å². The van der Waals surface area contributed by atoms with Crippen molar-refractivity contribution in [2.75, 3.05) is 26.4 Å². The average molecular weight is 324 g/mol. The molecule has 0 aliphatic rings. The van der Waals surface area contributed by atoms with E-state index >= 15 is 0 Å². The maximum Gasteiger partial charge on any atom is 0.306 e. The second-order valence-electron chi connectivity index (χ2n) is 4.88. The fraction of sp³-hybridized carbons (Fsp3) is 0.611. The Morgan fingerprint density at radius 2 is 1.43 bits per heavy atom. The second kappa shape index (κ2) is 10.4. The van der Waals surface area contributed by atoms with E-state index in [0.717, 1.165) is 5.56 Å². The van der Waals surface area contributed by atoms with Crippen molar-refractivity contribution in [1.82, 2.24) is 0 Å². The van der Waals surface area contributed by atoms with E-state index in [1.165, 1.54) is 0 Å². The third-order valence-electron chi connectivity index (χ3n) is 3.34. The highest BCUT2D eigenvalue weighted by Gasteiger charge is 2.44. The van der Waals surface area contributed by atoms with Crippen LogP contribution in [0.25, 0.3) is 0 Å². The molecule has 0 fully saturated rings. The summed E-state index contributed by atoms with van der Waals surface area (Å²) in [6, 6.07) is 9.64. The molecular formula is C18H28O5. The van der Waals surface area contributed by atoms with E-state index in [1.54, 1.807) is 6.92 Å². The first-order chi connectivity index (χ1) is 11.1. The lowest BCUT2D eigenvalue weighted by Crippen LogP contribution is -2.46. The van der Waals surface area contributed by atoms with Crippen LogP contribution in [0.2, 0.25) is 0 Å². The first-order valence-corrected chi connectivity index (χ1v) is 8.25. The number of hydrogen-bond acceptors (Lipinski definition) is 5. The third-order valence-corrected chi connectivity index (χ3v) is 3.34. The van der Waals surface area contributed by atoms with Crippen molar-refractivity contribution in [3.8, 4) is 0 Å². The molecule has 0 bridgehead atoms. The van der Waals surface area contributed by atoms with Crippen LogP contribution in [0.5, 0.6) is 0 Å². The number of carbonyl (C=O) groups excluding carboxylic acids is 1. The summed E-state index contributed by atoms with van der Waals surface area (Å²) in [5, 5.41) is 0. The minimum Gasteiger partial charge on any atom is -0.466 e. The highest BCUT2D eigenvalue weighted by atomic mass is 16.9. The highest BCUT2D eigenvalue weighted by Crippen LogP contribution is 2.37. The van der Waals surface area contributed by atoms with Gasteiger partial charge in [-0.15, -0.1) is 0 Å². The zero-order valence-corrected chi connectivity index (χ0v) is 14.5. The molecule has 0 spiro atoms. The molecule has 1 unspecified atom stereocenters. The van der Waals surface area contributed by atoms with Crippen LogP contribution in [0.15, 0.2) is 30.3 Å². The molecule has 1 atom stereocenters. The fourth-order valence-corrected chi connectivity index (χ4v) is 2.55. The number of hydrogen-bond donors (Lipinski definition) is 0. The molecule has 5 heteroatoms. The number of benzene rings is 1. The molecule has 0 aromatic heterocycles. The lowest BCUT2D eigenvalue weighted by atomic mass is 9.92. The molecule has 0 saturated heterocycles. The van der Waals surface area contributed by atoms with Gasteiger partial charge < -0.3 is 18.9 Å². The number of ether oxygens (including phenoxy) is 4. The lowest BCUT2D eigenvalue weighted by molar-refractivity contribution is -0.388. The Balaban J connectivity index is 3.22. The normalized spacial score (nSPS) is 12.9. The lowest BCUT2D eigenvalue weighted by Gasteiger charge is -2.38. The van der Waals surface area contributed by atoms with Crippen LogP contribution in [0.3, 0.4) is 0 Å². The largest absolute Gasteiger partial charge is 0.466 e. The Kier molecular flexibility index (Phi) is 8.84. The van der Waals surface area contributed by atoms with Crippen molar-refractivity contribution >= 4 is 5.97 Å². The fourth-order valence-electron chi connectivity index (χ4n) is 2.55. The molecule has 1 aromatic carbocycles. The van der Waals surface area contributed by atoms with E-state index in [0.29, 0.717) is 26.4 Å². The predicted molar refractivity (Wildman–Crippen MR) is 88.0 cm³/mol. The van der Waals surface area contributed by atoms with Gasteiger partial charge in [0.1, 0.15) is 0 Å². The van der Waals surface area contributed by atoms with Crippen LogP contribution < -0.4 is 0 Å². The molecule has 0 radical (unpaired) electrons. The van der Waals surface area contributed by atoms with Crippen LogP contribution in [-0.4, -0.2) is 38.4 Å². The minimum atomic E-state index is -1.30. The van der Waals surface area contributed by atoms with Crippen LogP contribution in [-0.2, 0) is 23.7 Å². The molecule has 1 aromatic rings. The molecule has 0 aliphatic heterocycles. The first-order valence-electron chi connectivity index (χ1n) is 8.25. The van der Waals surface area contributed by atoms with E-state index in [1.807, 2.05) is 51.1 Å². The molecule has 0 heterocycles. The van der Waals surface area contributed by atoms with Gasteiger partial charge in [-0.25, -0.2) is 0 Å². The molecule has 0 N–H and O–H groups in total. The number of carbonyl (C=O) groups is 1. The van der Waals surface area contributed by atoms with Gasteiger partial charge in [0.05, 0.1) is 18.9 Å². The van der Waals surface area contributed by atoms with Gasteiger partial charge in [-0.3, -0.25) is 4.79 Å². The van der Waals surface area contributed by atoms with E-state index in [-0.39, 0.29) is 12.4 Å². The Bertz CT molecular complexity index is 429. The number of rotatable bonds is 11. The average Bonchev–Trinajstić information content (AvgIpc) is 2.54. The van der Waals surface area contributed by atoms with Crippen LogP contribution in [0, 0.1) is 0 Å². The smallest absolute Gasteiger partial charge is 0.306 e. The summed E-state index contributed by atoms with van der Waals surface area (Å²) in [5.74, 6) is -2.01. The zero-order valence-electron chi connectivity index (χ0n) is 14.5. The van der Waals surface area contributed by atoms with Gasteiger partial charge in [0.15, 0.2) is 0 Å². The second-order valence-corrected chi connectivity index (χ2v) is 4.88. The van der Waals surface area contributed by atoms with Crippen molar-refractivity contribution in [3.05, 3.63) is 35.9 Å². The van der Waals surface area contributed by atoms with Gasteiger partial charge in [0.25, 0.3) is 5.97 Å². The molecular weight excluding hydrogens is 296 g/mol. The standard InChI is InChI=1S/C18H28O5/c1-5-20-17(19)14-16(15-12-10-9-11-13-15)18(21-6-2,22-7-3)23-8-4/h9-13,16H,5-8,14H2,1-4H3. The SMILES string of the molecule is CCOC(=O)CC(c1ccccc1)C(OCC)(OCC)OCC. The van der Waals surface area contributed by atoms with Gasteiger partial charge in [-0.05, 0) is 33.3 Å².